The number of hydrogen-bond acceptors (Lipinski definition) is 8. The Morgan fingerprint density at radius 3 is 2.69 bits per heavy atom. The number of ether oxygens (including phenoxy) is 1. The van der Waals surface area contributed by atoms with Crippen LogP contribution in [0.4, 0.5) is 16.2 Å². The summed E-state index contributed by atoms with van der Waals surface area (Å²) < 4.78 is 53.9. The van der Waals surface area contributed by atoms with Crippen molar-refractivity contribution in [1.82, 2.24) is 25.3 Å². The van der Waals surface area contributed by atoms with Gasteiger partial charge in [-0.2, -0.15) is 0 Å². The number of rotatable bonds is 6. The van der Waals surface area contributed by atoms with Crippen molar-refractivity contribution in [3.8, 4) is 0 Å². The Kier molecular flexibility index (Phi) is 5.19. The molecular formula is C25H24FN7O2. The number of fused-ring (bicyclic) bond motifs is 1. The molecule has 0 radical (unpaired) electrons. The Morgan fingerprint density at radius 1 is 1.09 bits per heavy atom. The van der Waals surface area contributed by atoms with E-state index < -0.39 is 24.6 Å². The second-order valence-corrected chi connectivity index (χ2v) is 7.68. The van der Waals surface area contributed by atoms with Gasteiger partial charge in [0.15, 0.2) is 0 Å². The van der Waals surface area contributed by atoms with E-state index in [1.54, 1.807) is 12.1 Å². The Bertz CT molecular complexity index is 1530. The number of carbonyl (C=O) groups excluding carboxylic acids is 1. The predicted octanol–water partition coefficient (Wildman–Crippen LogP) is 2.50. The highest BCUT2D eigenvalue weighted by molar-refractivity contribution is 6.04. The molecule has 9 nitrogen and oxygen atoms in total. The third-order valence-corrected chi connectivity index (χ3v) is 5.32. The number of pyridine rings is 2. The lowest BCUT2D eigenvalue weighted by atomic mass is 10.1. The van der Waals surface area contributed by atoms with Crippen molar-refractivity contribution in [3.63, 3.8) is 0 Å². The summed E-state index contributed by atoms with van der Waals surface area (Å²) in [6, 6.07) is 11.5. The number of hydrogen-bond donors (Lipinski definition) is 2. The van der Waals surface area contributed by atoms with Crippen LogP contribution in [0.5, 0.6) is 0 Å². The van der Waals surface area contributed by atoms with E-state index in [-0.39, 0.29) is 39.5 Å². The fraction of sp³-hybridized carbons (Fsp3) is 0.240. The van der Waals surface area contributed by atoms with Gasteiger partial charge in [0.05, 0.1) is 28.1 Å². The number of para-hydroxylation sites is 1. The Morgan fingerprint density at radius 2 is 1.89 bits per heavy atom. The van der Waals surface area contributed by atoms with Gasteiger partial charge in [0.25, 0.3) is 5.91 Å². The van der Waals surface area contributed by atoms with E-state index in [4.69, 9.17) is 16.0 Å². The molecule has 4 aromatic rings. The van der Waals surface area contributed by atoms with Gasteiger partial charge in [-0.1, -0.05) is 24.3 Å². The molecule has 1 aromatic carbocycles. The van der Waals surface area contributed by atoms with Crippen molar-refractivity contribution in [2.45, 2.75) is 12.9 Å². The molecule has 3 N–H and O–H groups in total. The predicted molar refractivity (Wildman–Crippen MR) is 129 cm³/mol. The van der Waals surface area contributed by atoms with Crippen molar-refractivity contribution < 1.29 is 19.4 Å². The van der Waals surface area contributed by atoms with Crippen LogP contribution in [0, 0.1) is 5.82 Å². The number of halogens is 1. The molecular weight excluding hydrogens is 449 g/mol. The summed E-state index contributed by atoms with van der Waals surface area (Å²) >= 11 is 0. The number of morpholine rings is 1. The molecule has 0 aliphatic carbocycles. The third-order valence-electron chi connectivity index (χ3n) is 5.32. The first-order valence-corrected chi connectivity index (χ1v) is 10.9. The van der Waals surface area contributed by atoms with Gasteiger partial charge in [-0.25, -0.2) is 19.3 Å². The molecule has 1 aliphatic rings. The molecule has 0 unspecified atom stereocenters. The molecule has 0 atom stereocenters. The highest BCUT2D eigenvalue weighted by Gasteiger charge is 2.16. The Labute approximate surface area is 206 Å². The number of nitrogen functional groups attached to an aromatic ring is 1. The minimum absolute atomic E-state index is 0.0589. The number of carbonyl (C=O) groups is 1. The van der Waals surface area contributed by atoms with E-state index in [0.717, 1.165) is 6.07 Å². The zero-order valence-electron chi connectivity index (χ0n) is 22.5. The number of amides is 1. The fourth-order valence-corrected chi connectivity index (χ4v) is 3.65. The third kappa shape index (κ3) is 5.17. The lowest BCUT2D eigenvalue weighted by Gasteiger charge is -2.27. The fourth-order valence-electron chi connectivity index (χ4n) is 3.65. The van der Waals surface area contributed by atoms with Gasteiger partial charge in [0, 0.05) is 39.5 Å². The zero-order chi connectivity index (χ0) is 27.8. The highest BCUT2D eigenvalue weighted by Crippen LogP contribution is 2.20. The first kappa shape index (κ1) is 18.2. The molecule has 35 heavy (non-hydrogen) atoms. The first-order chi connectivity index (χ1) is 18.6. The van der Waals surface area contributed by atoms with Crippen LogP contribution in [-0.4, -0.2) is 52.1 Å². The topological polar surface area (TPSA) is 119 Å². The molecule has 5 rings (SSSR count). The molecule has 1 aliphatic heterocycles. The monoisotopic (exact) mass is 477 g/mol. The highest BCUT2D eigenvalue weighted by atomic mass is 19.1. The molecule has 0 spiro atoms. The van der Waals surface area contributed by atoms with E-state index in [0.29, 0.717) is 32.1 Å². The van der Waals surface area contributed by atoms with Crippen molar-refractivity contribution in [2.24, 2.45) is 0 Å². The average molecular weight is 478 g/mol. The molecule has 4 heterocycles. The van der Waals surface area contributed by atoms with Gasteiger partial charge >= 0.3 is 0 Å². The van der Waals surface area contributed by atoms with Gasteiger partial charge in [-0.3, -0.25) is 9.78 Å². The smallest absolute Gasteiger partial charge is 0.271 e. The van der Waals surface area contributed by atoms with E-state index in [1.807, 2.05) is 4.90 Å². The van der Waals surface area contributed by atoms with Crippen LogP contribution in [0.2, 0.25) is 0 Å². The molecule has 0 bridgehead atoms. The lowest BCUT2D eigenvalue weighted by molar-refractivity contribution is 0.0947. The van der Waals surface area contributed by atoms with Crippen molar-refractivity contribution in [2.75, 3.05) is 36.9 Å². The van der Waals surface area contributed by atoms with Crippen molar-refractivity contribution >= 4 is 28.6 Å². The van der Waals surface area contributed by atoms with Crippen LogP contribution in [0.1, 0.15) is 32.9 Å². The van der Waals surface area contributed by atoms with E-state index in [9.17, 15) is 9.18 Å². The maximum absolute atomic E-state index is 14.2. The Balaban J connectivity index is 1.40. The number of anilines is 2. The standard InChI is InChI=1S/C25H24FN7O2/c26-20-6-2-5-19-22(20)31-25(27)32-23(19)24(34)29-15-18-4-1-3-17(30-18)13-16-7-8-21(28-14-16)33-9-11-35-12-10-33/h1-8,14H,9-13,15H2,(H,29,34)(H2,27,31,32)/i13D2,15D2. The maximum atomic E-state index is 14.2. The van der Waals surface area contributed by atoms with Gasteiger partial charge in [0.2, 0.25) is 5.95 Å². The number of nitrogens with zero attached hydrogens (tertiary/aromatic N) is 5. The summed E-state index contributed by atoms with van der Waals surface area (Å²) in [7, 11) is 0. The molecule has 1 fully saturated rings. The largest absolute Gasteiger partial charge is 0.378 e. The summed E-state index contributed by atoms with van der Waals surface area (Å²) in [6.45, 7) is 0.0292. The lowest BCUT2D eigenvalue weighted by Crippen LogP contribution is -2.36. The van der Waals surface area contributed by atoms with E-state index in [1.165, 1.54) is 36.5 Å². The van der Waals surface area contributed by atoms with Crippen LogP contribution >= 0.6 is 0 Å². The SMILES string of the molecule is [2H]C([2H])(NC(=O)c1nc(N)nc2c(F)cccc12)c1cccc(C([2H])([2H])c2ccc(N3CCOCC3)nc2)n1. The molecule has 1 saturated heterocycles. The van der Waals surface area contributed by atoms with E-state index >= 15 is 0 Å². The maximum Gasteiger partial charge on any atom is 0.271 e. The average Bonchev–Trinajstić information content (AvgIpc) is 2.93. The van der Waals surface area contributed by atoms with Gasteiger partial charge < -0.3 is 20.7 Å². The summed E-state index contributed by atoms with van der Waals surface area (Å²) in [5.74, 6) is -1.32. The minimum Gasteiger partial charge on any atom is -0.378 e. The molecule has 0 saturated carbocycles. The number of nitrogens with two attached hydrogens (primary N) is 1. The van der Waals surface area contributed by atoms with Gasteiger partial charge in [-0.05, 0) is 29.8 Å². The van der Waals surface area contributed by atoms with E-state index in [2.05, 4.69) is 25.3 Å². The van der Waals surface area contributed by atoms with Crippen molar-refractivity contribution in [3.05, 3.63) is 83.2 Å². The van der Waals surface area contributed by atoms with Crippen LogP contribution < -0.4 is 16.0 Å². The second-order valence-electron chi connectivity index (χ2n) is 7.68. The summed E-state index contributed by atoms with van der Waals surface area (Å²) in [4.78, 5) is 31.4. The number of benzene rings is 1. The Hall–Kier alpha value is -4.18. The zero-order valence-corrected chi connectivity index (χ0v) is 18.5. The van der Waals surface area contributed by atoms with Crippen LogP contribution in [0.25, 0.3) is 10.9 Å². The normalized spacial score (nSPS) is 16.2. The quantitative estimate of drug-likeness (QED) is 0.435. The van der Waals surface area contributed by atoms with Crippen LogP contribution in [0.15, 0.2) is 54.7 Å². The van der Waals surface area contributed by atoms with Gasteiger partial charge in [0.1, 0.15) is 22.8 Å². The van der Waals surface area contributed by atoms with Crippen LogP contribution in [-0.2, 0) is 17.6 Å². The minimum atomic E-state index is -2.54. The second kappa shape index (κ2) is 9.98. The first-order valence-electron chi connectivity index (χ1n) is 12.9. The summed E-state index contributed by atoms with van der Waals surface area (Å²) in [6.07, 6.45) is -0.680. The molecule has 10 heteroatoms. The molecule has 1 amide bonds. The summed E-state index contributed by atoms with van der Waals surface area (Å²) in [5, 5.41) is 2.26. The van der Waals surface area contributed by atoms with Crippen molar-refractivity contribution in [1.29, 1.82) is 0 Å². The summed E-state index contributed by atoms with van der Waals surface area (Å²) in [5.41, 5.74) is 5.10. The number of nitrogens with one attached hydrogen (secondary N) is 1. The number of aromatic nitrogens is 4. The molecule has 178 valence electrons. The molecule has 3 aromatic heterocycles. The van der Waals surface area contributed by atoms with Crippen LogP contribution in [0.3, 0.4) is 0 Å². The van der Waals surface area contributed by atoms with Gasteiger partial charge in [-0.15, -0.1) is 0 Å².